The van der Waals surface area contributed by atoms with E-state index in [9.17, 15) is 13.2 Å². The molecule has 20 heavy (non-hydrogen) atoms. The summed E-state index contributed by atoms with van der Waals surface area (Å²) in [6, 6.07) is 4.73. The van der Waals surface area contributed by atoms with Crippen molar-refractivity contribution in [3.05, 3.63) is 35.4 Å². The first-order valence-corrected chi connectivity index (χ1v) is 7.36. The summed E-state index contributed by atoms with van der Waals surface area (Å²) in [7, 11) is -3.68. The van der Waals surface area contributed by atoms with Crippen molar-refractivity contribution in [1.29, 1.82) is 0 Å². The van der Waals surface area contributed by atoms with Gasteiger partial charge in [0, 0.05) is 30.3 Å². The molecule has 0 fully saturated rings. The van der Waals surface area contributed by atoms with Crippen LogP contribution in [0.1, 0.15) is 5.56 Å². The Balaban J connectivity index is 1.83. The van der Waals surface area contributed by atoms with Gasteiger partial charge in [-0.3, -0.25) is 10.0 Å². The number of fused-ring (bicyclic) bond motifs is 1. The van der Waals surface area contributed by atoms with E-state index in [1.165, 1.54) is 23.7 Å². The van der Waals surface area contributed by atoms with E-state index in [0.29, 0.717) is 12.4 Å². The molecule has 1 aromatic carbocycles. The number of carbonyl (C=O) groups is 1. The Bertz CT molecular complexity index is 711. The van der Waals surface area contributed by atoms with Gasteiger partial charge in [0.2, 0.25) is 10.0 Å². The summed E-state index contributed by atoms with van der Waals surface area (Å²) < 4.78 is 31.2. The van der Waals surface area contributed by atoms with E-state index < -0.39 is 15.9 Å². The number of ether oxygens (including phenoxy) is 1. The monoisotopic (exact) mass is 296 g/mol. The van der Waals surface area contributed by atoms with Gasteiger partial charge in [0.15, 0.2) is 0 Å². The number of benzene rings is 1. The molecule has 8 heteroatoms. The molecule has 7 nitrogen and oxygen atoms in total. The van der Waals surface area contributed by atoms with Crippen LogP contribution in [0.3, 0.4) is 0 Å². The minimum atomic E-state index is -3.68. The summed E-state index contributed by atoms with van der Waals surface area (Å²) in [5, 5.41) is 8.55. The lowest BCUT2D eigenvalue weighted by Crippen LogP contribution is -2.31. The molecule has 1 aromatic rings. The molecular weight excluding hydrogens is 284 g/mol. The third-order valence-electron chi connectivity index (χ3n) is 3.34. The molecule has 2 aliphatic heterocycles. The SMILES string of the molecule is O=C(NO)C1=CCN(S(=O)(=O)c2ccc3c(c2)OC3)C1. The molecule has 0 saturated carbocycles. The fourth-order valence-corrected chi connectivity index (χ4v) is 3.50. The van der Waals surface area contributed by atoms with Gasteiger partial charge in [-0.05, 0) is 6.07 Å². The Kier molecular flexibility index (Phi) is 3.00. The average Bonchev–Trinajstić information content (AvgIpc) is 2.89. The highest BCUT2D eigenvalue weighted by Crippen LogP contribution is 2.32. The average molecular weight is 296 g/mol. The number of hydroxylamine groups is 1. The molecule has 106 valence electrons. The molecule has 2 aliphatic rings. The number of carbonyl (C=O) groups excluding carboxylic acids is 1. The van der Waals surface area contributed by atoms with Crippen molar-refractivity contribution >= 4 is 15.9 Å². The Morgan fingerprint density at radius 2 is 2.20 bits per heavy atom. The van der Waals surface area contributed by atoms with E-state index in [-0.39, 0.29) is 23.6 Å². The fraction of sp³-hybridized carbons (Fsp3) is 0.250. The second-order valence-electron chi connectivity index (χ2n) is 4.53. The van der Waals surface area contributed by atoms with Crippen LogP contribution in [0.25, 0.3) is 0 Å². The lowest BCUT2D eigenvalue weighted by atomic mass is 10.1. The van der Waals surface area contributed by atoms with Crippen molar-refractivity contribution in [2.24, 2.45) is 0 Å². The number of sulfonamides is 1. The number of hydrogen-bond acceptors (Lipinski definition) is 5. The first-order chi connectivity index (χ1) is 9.52. The summed E-state index contributed by atoms with van der Waals surface area (Å²) in [5.41, 5.74) is 2.69. The van der Waals surface area contributed by atoms with Crippen molar-refractivity contribution in [1.82, 2.24) is 9.79 Å². The second kappa shape index (κ2) is 4.58. The van der Waals surface area contributed by atoms with Crippen LogP contribution in [0.15, 0.2) is 34.7 Å². The first-order valence-electron chi connectivity index (χ1n) is 5.92. The third-order valence-corrected chi connectivity index (χ3v) is 5.15. The van der Waals surface area contributed by atoms with Gasteiger partial charge >= 0.3 is 0 Å². The van der Waals surface area contributed by atoms with Crippen LogP contribution in [0.2, 0.25) is 0 Å². The molecule has 3 rings (SSSR count). The molecule has 2 N–H and O–H groups in total. The van der Waals surface area contributed by atoms with E-state index in [0.717, 1.165) is 9.87 Å². The molecule has 0 atom stereocenters. The predicted molar refractivity (Wildman–Crippen MR) is 67.5 cm³/mol. The van der Waals surface area contributed by atoms with E-state index in [4.69, 9.17) is 9.94 Å². The van der Waals surface area contributed by atoms with Gasteiger partial charge in [0.25, 0.3) is 5.91 Å². The zero-order valence-corrected chi connectivity index (χ0v) is 11.2. The van der Waals surface area contributed by atoms with Crippen LogP contribution in [0.5, 0.6) is 5.75 Å². The van der Waals surface area contributed by atoms with Gasteiger partial charge in [-0.15, -0.1) is 0 Å². The smallest absolute Gasteiger partial charge is 0.271 e. The number of amides is 1. The number of rotatable bonds is 3. The highest BCUT2D eigenvalue weighted by molar-refractivity contribution is 7.89. The molecule has 0 aromatic heterocycles. The summed E-state index contributed by atoms with van der Waals surface area (Å²) in [5.74, 6) is -0.116. The Hall–Kier alpha value is -1.90. The molecule has 0 bridgehead atoms. The van der Waals surface area contributed by atoms with E-state index in [1.807, 2.05) is 0 Å². The van der Waals surface area contributed by atoms with Gasteiger partial charge in [-0.1, -0.05) is 12.1 Å². The third kappa shape index (κ3) is 1.98. The first kappa shape index (κ1) is 13.1. The van der Waals surface area contributed by atoms with Crippen LogP contribution in [-0.2, 0) is 21.4 Å². The van der Waals surface area contributed by atoms with Crippen molar-refractivity contribution in [2.45, 2.75) is 11.5 Å². The van der Waals surface area contributed by atoms with Gasteiger partial charge < -0.3 is 4.74 Å². The lowest BCUT2D eigenvalue weighted by molar-refractivity contribution is -0.125. The molecule has 1 amide bonds. The summed E-state index contributed by atoms with van der Waals surface area (Å²) in [6.45, 7) is 0.539. The highest BCUT2D eigenvalue weighted by atomic mass is 32.2. The fourth-order valence-electron chi connectivity index (χ4n) is 2.12. The summed E-state index contributed by atoms with van der Waals surface area (Å²) in [6.07, 6.45) is 1.47. The lowest BCUT2D eigenvalue weighted by Gasteiger charge is -2.22. The van der Waals surface area contributed by atoms with Crippen molar-refractivity contribution < 1.29 is 23.2 Å². The number of nitrogens with zero attached hydrogens (tertiary/aromatic N) is 1. The maximum atomic E-state index is 12.4. The summed E-state index contributed by atoms with van der Waals surface area (Å²) >= 11 is 0. The second-order valence-corrected chi connectivity index (χ2v) is 6.46. The standard InChI is InChI=1S/C12H12N2O5S/c15-12(13-16)8-3-4-14(6-8)20(17,18)10-2-1-9-7-19-11(9)5-10/h1-3,5,16H,4,6-7H2,(H,13,15). The Morgan fingerprint density at radius 3 is 2.80 bits per heavy atom. The van der Waals surface area contributed by atoms with Crippen molar-refractivity contribution in [3.8, 4) is 5.75 Å². The van der Waals surface area contributed by atoms with Crippen LogP contribution >= 0.6 is 0 Å². The maximum Gasteiger partial charge on any atom is 0.271 e. The van der Waals surface area contributed by atoms with Crippen molar-refractivity contribution in [2.75, 3.05) is 13.1 Å². The van der Waals surface area contributed by atoms with Gasteiger partial charge in [-0.2, -0.15) is 4.31 Å². The molecular formula is C12H12N2O5S. The molecule has 2 heterocycles. The van der Waals surface area contributed by atoms with Gasteiger partial charge in [0.1, 0.15) is 12.4 Å². The summed E-state index contributed by atoms with van der Waals surface area (Å²) in [4.78, 5) is 11.4. The van der Waals surface area contributed by atoms with E-state index in [2.05, 4.69) is 0 Å². The molecule has 0 spiro atoms. The Morgan fingerprint density at radius 1 is 1.40 bits per heavy atom. The van der Waals surface area contributed by atoms with Crippen molar-refractivity contribution in [3.63, 3.8) is 0 Å². The van der Waals surface area contributed by atoms with Crippen LogP contribution in [0, 0.1) is 0 Å². The largest absolute Gasteiger partial charge is 0.488 e. The van der Waals surface area contributed by atoms with Crippen LogP contribution < -0.4 is 10.2 Å². The van der Waals surface area contributed by atoms with Gasteiger partial charge in [0.05, 0.1) is 4.90 Å². The van der Waals surface area contributed by atoms with Crippen LogP contribution in [0.4, 0.5) is 0 Å². The maximum absolute atomic E-state index is 12.4. The predicted octanol–water partition coefficient (Wildman–Crippen LogP) is 0.0151. The molecule has 0 saturated heterocycles. The van der Waals surface area contributed by atoms with Gasteiger partial charge in [-0.25, -0.2) is 13.9 Å². The quantitative estimate of drug-likeness (QED) is 0.605. The zero-order valence-electron chi connectivity index (χ0n) is 10.4. The Labute approximate surface area is 115 Å². The van der Waals surface area contributed by atoms with Crippen LogP contribution in [-0.4, -0.2) is 36.9 Å². The highest BCUT2D eigenvalue weighted by Gasteiger charge is 2.31. The number of hydrogen-bond donors (Lipinski definition) is 2. The molecule has 0 radical (unpaired) electrons. The van der Waals surface area contributed by atoms with E-state index in [1.54, 1.807) is 6.07 Å². The zero-order chi connectivity index (χ0) is 14.3. The topological polar surface area (TPSA) is 95.9 Å². The number of nitrogens with one attached hydrogen (secondary N) is 1. The minimum absolute atomic E-state index is 0.0628. The normalized spacial score (nSPS) is 17.8. The molecule has 0 unspecified atom stereocenters. The molecule has 0 aliphatic carbocycles. The minimum Gasteiger partial charge on any atom is -0.488 e. The van der Waals surface area contributed by atoms with E-state index >= 15 is 0 Å².